The van der Waals surface area contributed by atoms with Gasteiger partial charge in [0.05, 0.1) is 5.52 Å². The lowest BCUT2D eigenvalue weighted by Crippen LogP contribution is -2.47. The molecule has 270 valence electrons. The molecule has 4 aromatic rings. The number of esters is 1. The van der Waals surface area contributed by atoms with Gasteiger partial charge in [0.1, 0.15) is 5.82 Å². The lowest BCUT2D eigenvalue weighted by molar-refractivity contribution is -0.147. The van der Waals surface area contributed by atoms with Crippen molar-refractivity contribution in [3.8, 4) is 0 Å². The summed E-state index contributed by atoms with van der Waals surface area (Å²) in [6.07, 6.45) is 21.7. The quantitative estimate of drug-likeness (QED) is 0.0492. The average molecular weight is 702 g/mol. The van der Waals surface area contributed by atoms with E-state index in [2.05, 4.69) is 47.1 Å². The molecule has 5 rings (SSSR count). The fourth-order valence-electron chi connectivity index (χ4n) is 6.95. The smallest absolute Gasteiger partial charge is 0.307 e. The number of benzene rings is 2. The first kappa shape index (κ1) is 37.8. The van der Waals surface area contributed by atoms with Crippen molar-refractivity contribution in [1.29, 1.82) is 0 Å². The predicted molar refractivity (Wildman–Crippen MR) is 208 cm³/mol. The number of halogens is 1. The zero-order valence-electron chi connectivity index (χ0n) is 30.1. The number of carbonyl (C=O) groups is 1. The van der Waals surface area contributed by atoms with Crippen LogP contribution in [0.5, 0.6) is 0 Å². The number of hydrogen-bond donors (Lipinski definition) is 0. The number of allylic oxidation sites excluding steroid dienone is 2. The highest BCUT2D eigenvalue weighted by molar-refractivity contribution is 7.17. The van der Waals surface area contributed by atoms with E-state index in [9.17, 15) is 14.0 Å². The third kappa shape index (κ3) is 11.5. The second-order valence-electron chi connectivity index (χ2n) is 13.8. The highest BCUT2D eigenvalue weighted by Gasteiger charge is 2.20. The molecule has 0 radical (unpaired) electrons. The van der Waals surface area contributed by atoms with Gasteiger partial charge in [-0.15, -0.1) is 11.3 Å². The molecule has 1 saturated heterocycles. The molecule has 0 aliphatic carbocycles. The van der Waals surface area contributed by atoms with Crippen LogP contribution in [0.3, 0.4) is 0 Å². The second kappa shape index (κ2) is 20.4. The van der Waals surface area contributed by atoms with Crippen LogP contribution in [0, 0.1) is 5.82 Å². The molecule has 1 aliphatic rings. The van der Waals surface area contributed by atoms with E-state index in [1.807, 2.05) is 17.5 Å². The molecule has 0 amide bonds. The lowest BCUT2D eigenvalue weighted by Gasteiger charge is -2.36. The molecular weight excluding hydrogens is 646 g/mol. The van der Waals surface area contributed by atoms with Crippen molar-refractivity contribution < 1.29 is 13.9 Å². The van der Waals surface area contributed by atoms with E-state index in [1.54, 1.807) is 34.1 Å². The molecular formula is C42H56FN3O3S. The topological polar surface area (TPSA) is 54.8 Å². The third-order valence-electron chi connectivity index (χ3n) is 10.00. The number of aromatic nitrogens is 1. The molecule has 0 N–H and O–H groups in total. The average Bonchev–Trinajstić information content (AvgIpc) is 3.60. The number of piperazine rings is 1. The van der Waals surface area contributed by atoms with E-state index >= 15 is 0 Å². The van der Waals surface area contributed by atoms with Crippen molar-refractivity contribution in [3.63, 3.8) is 0 Å². The Bertz CT molecular complexity index is 1720. The highest BCUT2D eigenvalue weighted by Crippen LogP contribution is 2.32. The molecule has 0 unspecified atom stereocenters. The number of anilines is 1. The molecule has 3 heterocycles. The minimum atomic E-state index is -0.250. The van der Waals surface area contributed by atoms with Crippen molar-refractivity contribution in [3.05, 3.63) is 87.8 Å². The van der Waals surface area contributed by atoms with Crippen LogP contribution in [0.15, 0.2) is 70.9 Å². The summed E-state index contributed by atoms with van der Waals surface area (Å²) in [4.78, 5) is 30.1. The van der Waals surface area contributed by atoms with E-state index in [1.165, 1.54) is 57.8 Å². The molecule has 50 heavy (non-hydrogen) atoms. The molecule has 0 saturated carbocycles. The summed E-state index contributed by atoms with van der Waals surface area (Å²) in [5, 5.41) is 4.10. The van der Waals surface area contributed by atoms with Crippen LogP contribution in [0.4, 0.5) is 10.1 Å². The van der Waals surface area contributed by atoms with Gasteiger partial charge in [-0.1, -0.05) is 82.6 Å². The maximum Gasteiger partial charge on any atom is 0.307 e. The monoisotopic (exact) mass is 701 g/mol. The fraction of sp³-hybridized carbons (Fsp3) is 0.524. The number of pyridine rings is 1. The first-order valence-electron chi connectivity index (χ1n) is 19.1. The Hall–Kier alpha value is -3.49. The zero-order chi connectivity index (χ0) is 35.0. The molecule has 1 fully saturated rings. The maximum absolute atomic E-state index is 14.3. The first-order chi connectivity index (χ1) is 24.5. The van der Waals surface area contributed by atoms with E-state index in [0.717, 1.165) is 97.1 Å². The van der Waals surface area contributed by atoms with Gasteiger partial charge in [0.15, 0.2) is 6.73 Å². The van der Waals surface area contributed by atoms with Gasteiger partial charge >= 0.3 is 5.97 Å². The molecule has 6 nitrogen and oxygen atoms in total. The van der Waals surface area contributed by atoms with Gasteiger partial charge in [-0.3, -0.25) is 19.1 Å². The number of hydrogen-bond acceptors (Lipinski definition) is 6. The Balaban J connectivity index is 0.993. The van der Waals surface area contributed by atoms with Crippen LogP contribution < -0.4 is 10.5 Å². The summed E-state index contributed by atoms with van der Waals surface area (Å²) >= 11 is 1.58. The number of unbranched alkanes of at least 4 members (excludes halogenated alkanes) is 11. The van der Waals surface area contributed by atoms with Gasteiger partial charge in [-0.2, -0.15) is 0 Å². The largest absolute Gasteiger partial charge is 0.444 e. The Morgan fingerprint density at radius 2 is 1.54 bits per heavy atom. The van der Waals surface area contributed by atoms with E-state index < -0.39 is 0 Å². The fourth-order valence-corrected chi connectivity index (χ4v) is 7.78. The van der Waals surface area contributed by atoms with Crippen LogP contribution in [-0.2, 0) is 22.7 Å². The number of rotatable bonds is 21. The van der Waals surface area contributed by atoms with Crippen molar-refractivity contribution in [2.45, 2.75) is 110 Å². The Morgan fingerprint density at radius 1 is 0.840 bits per heavy atom. The standard InChI is InChI=1S/C42H56FN3O3S/c1-2-3-4-5-6-7-8-9-10-11-12-13-14-15-16-17-42(48)49-33-46-38-30-34(18-19-35(38)20-21-41(46)47)22-24-44-25-27-45(28-26-44)39-31-36(43)32-40-37(39)23-29-50-40/h9-10,18-21,23,29-32H,2-8,11-17,22,24-28,33H2,1H3/b10-9-. The van der Waals surface area contributed by atoms with E-state index in [4.69, 9.17) is 4.74 Å². The predicted octanol–water partition coefficient (Wildman–Crippen LogP) is 10.3. The summed E-state index contributed by atoms with van der Waals surface area (Å²) in [6, 6.07) is 15.0. The number of nitrogens with zero attached hydrogens (tertiary/aromatic N) is 3. The van der Waals surface area contributed by atoms with E-state index in [0.29, 0.717) is 6.42 Å². The normalized spacial score (nSPS) is 14.0. The van der Waals surface area contributed by atoms with Crippen LogP contribution in [0.25, 0.3) is 21.0 Å². The highest BCUT2D eigenvalue weighted by atomic mass is 32.1. The lowest BCUT2D eigenvalue weighted by atomic mass is 10.1. The molecule has 2 aromatic heterocycles. The van der Waals surface area contributed by atoms with Gasteiger partial charge in [0, 0.05) is 61.0 Å². The van der Waals surface area contributed by atoms with Crippen LogP contribution in [-0.4, -0.2) is 48.2 Å². The molecule has 2 aromatic carbocycles. The summed E-state index contributed by atoms with van der Waals surface area (Å²) in [5.74, 6) is -0.430. The minimum absolute atomic E-state index is 0.0665. The van der Waals surface area contributed by atoms with Crippen LogP contribution in [0.1, 0.15) is 102 Å². The maximum atomic E-state index is 14.3. The Labute approximate surface area is 301 Å². The Kier molecular flexibility index (Phi) is 15.4. The van der Waals surface area contributed by atoms with Gasteiger partial charge in [0.25, 0.3) is 5.56 Å². The summed E-state index contributed by atoms with van der Waals surface area (Å²) in [7, 11) is 0. The molecule has 0 atom stereocenters. The SMILES string of the molecule is CCCCCCCC/C=C\CCCCCCCC(=O)OCn1c(=O)ccc2ccc(CCN3CCN(c4cc(F)cc5sccc45)CC3)cc21. The molecule has 0 spiro atoms. The van der Waals surface area contributed by atoms with Crippen molar-refractivity contribution >= 4 is 44.0 Å². The number of ether oxygens (including phenoxy) is 1. The summed E-state index contributed by atoms with van der Waals surface area (Å²) in [5.41, 5.74) is 2.75. The molecule has 8 heteroatoms. The third-order valence-corrected chi connectivity index (χ3v) is 10.9. The van der Waals surface area contributed by atoms with Gasteiger partial charge < -0.3 is 9.64 Å². The minimum Gasteiger partial charge on any atom is -0.444 e. The summed E-state index contributed by atoms with van der Waals surface area (Å²) < 4.78 is 22.4. The summed E-state index contributed by atoms with van der Waals surface area (Å²) in [6.45, 7) is 6.63. The first-order valence-corrected chi connectivity index (χ1v) is 20.0. The van der Waals surface area contributed by atoms with Gasteiger partial charge in [-0.05, 0) is 85.2 Å². The Morgan fingerprint density at radius 3 is 2.30 bits per heavy atom. The molecule has 0 bridgehead atoms. The van der Waals surface area contributed by atoms with Crippen LogP contribution >= 0.6 is 11.3 Å². The van der Waals surface area contributed by atoms with E-state index in [-0.39, 0.29) is 24.1 Å². The molecule has 1 aliphatic heterocycles. The van der Waals surface area contributed by atoms with Crippen molar-refractivity contribution in [2.75, 3.05) is 37.6 Å². The van der Waals surface area contributed by atoms with Crippen molar-refractivity contribution in [2.24, 2.45) is 0 Å². The zero-order valence-corrected chi connectivity index (χ0v) is 30.9. The van der Waals surface area contributed by atoms with Crippen LogP contribution in [0.2, 0.25) is 0 Å². The van der Waals surface area contributed by atoms with Crippen molar-refractivity contribution in [1.82, 2.24) is 9.47 Å². The van der Waals surface area contributed by atoms with Gasteiger partial charge in [0.2, 0.25) is 0 Å². The van der Waals surface area contributed by atoms with Gasteiger partial charge in [-0.25, -0.2) is 4.39 Å². The number of fused-ring (bicyclic) bond motifs is 2. The number of carbonyl (C=O) groups excluding carboxylic acids is 1. The second-order valence-corrected chi connectivity index (χ2v) is 14.8. The number of thiophene rings is 1.